The average Bonchev–Trinajstić information content (AvgIpc) is 2.46. The van der Waals surface area contributed by atoms with Crippen molar-refractivity contribution in [3.05, 3.63) is 53.7 Å². The quantitative estimate of drug-likeness (QED) is 0.777. The highest BCUT2D eigenvalue weighted by Gasteiger charge is 2.10. The molecule has 0 bridgehead atoms. The molecule has 1 unspecified atom stereocenters. The zero-order valence-corrected chi connectivity index (χ0v) is 11.2. The molecule has 2 aromatic rings. The number of rotatable bonds is 5. The molecular formula is C15H17N3O2. The van der Waals surface area contributed by atoms with Gasteiger partial charge in [0.1, 0.15) is 5.82 Å². The number of pyridine rings is 1. The van der Waals surface area contributed by atoms with Crippen molar-refractivity contribution >= 4 is 17.5 Å². The van der Waals surface area contributed by atoms with Crippen LogP contribution in [0.5, 0.6) is 0 Å². The Hall–Kier alpha value is -2.56. The fourth-order valence-corrected chi connectivity index (χ4v) is 1.88. The number of nitrogens with one attached hydrogen (secondary N) is 1. The number of nitrogens with two attached hydrogens (primary N) is 1. The van der Waals surface area contributed by atoms with Crippen molar-refractivity contribution in [3.8, 4) is 0 Å². The van der Waals surface area contributed by atoms with E-state index < -0.39 is 5.97 Å². The van der Waals surface area contributed by atoms with Crippen LogP contribution in [-0.4, -0.2) is 22.6 Å². The molecule has 0 aliphatic carbocycles. The highest BCUT2D eigenvalue weighted by molar-refractivity contribution is 5.86. The summed E-state index contributed by atoms with van der Waals surface area (Å²) >= 11 is 0. The van der Waals surface area contributed by atoms with E-state index in [1.807, 2.05) is 18.2 Å². The molecule has 1 heterocycles. The highest BCUT2D eigenvalue weighted by Crippen LogP contribution is 2.19. The van der Waals surface area contributed by atoms with Gasteiger partial charge < -0.3 is 16.2 Å². The molecule has 1 atom stereocenters. The topological polar surface area (TPSA) is 88.2 Å². The molecule has 5 heteroatoms. The molecule has 4 N–H and O–H groups in total. The Bertz CT molecular complexity index is 599. The van der Waals surface area contributed by atoms with Crippen LogP contribution in [0.3, 0.4) is 0 Å². The van der Waals surface area contributed by atoms with Gasteiger partial charge in [-0.1, -0.05) is 37.3 Å². The summed E-state index contributed by atoms with van der Waals surface area (Å²) in [7, 11) is 0. The van der Waals surface area contributed by atoms with Gasteiger partial charge >= 0.3 is 5.97 Å². The molecule has 0 amide bonds. The van der Waals surface area contributed by atoms with Crippen molar-refractivity contribution in [3.63, 3.8) is 0 Å². The molecule has 0 aliphatic rings. The molecule has 0 radical (unpaired) electrons. The first-order chi connectivity index (χ1) is 9.58. The standard InChI is InChI=1S/C15H17N3O2/c1-10(11-5-3-2-4-6-11)9-17-14-12(16)7-8-13(18-14)15(19)20/h2-8,10H,9,16H2,1H3,(H,17,18)(H,19,20). The molecule has 0 aliphatic heterocycles. The number of carboxylic acid groups (broad SMARTS) is 1. The van der Waals surface area contributed by atoms with Gasteiger partial charge in [0.05, 0.1) is 5.69 Å². The predicted molar refractivity (Wildman–Crippen MR) is 79.0 cm³/mol. The molecule has 104 valence electrons. The van der Waals surface area contributed by atoms with Crippen LogP contribution < -0.4 is 11.1 Å². The third kappa shape index (κ3) is 3.26. The smallest absolute Gasteiger partial charge is 0.354 e. The van der Waals surface area contributed by atoms with E-state index in [2.05, 4.69) is 29.4 Å². The zero-order chi connectivity index (χ0) is 14.5. The SMILES string of the molecule is CC(CNc1nc(C(=O)O)ccc1N)c1ccccc1. The van der Waals surface area contributed by atoms with Gasteiger partial charge in [-0.2, -0.15) is 0 Å². The Kier molecular flexibility index (Phi) is 4.20. The first kappa shape index (κ1) is 13.9. The van der Waals surface area contributed by atoms with E-state index in [0.717, 1.165) is 0 Å². The van der Waals surface area contributed by atoms with Gasteiger partial charge in [-0.05, 0) is 23.6 Å². The molecule has 0 fully saturated rings. The largest absolute Gasteiger partial charge is 0.477 e. The Morgan fingerprint density at radius 1 is 1.30 bits per heavy atom. The summed E-state index contributed by atoms with van der Waals surface area (Å²) in [6.07, 6.45) is 0. The molecule has 0 saturated heterocycles. The van der Waals surface area contributed by atoms with Crippen LogP contribution >= 0.6 is 0 Å². The number of aromatic carboxylic acids is 1. The molecule has 1 aromatic heterocycles. The molecule has 20 heavy (non-hydrogen) atoms. The van der Waals surface area contributed by atoms with Crippen molar-refractivity contribution in [2.45, 2.75) is 12.8 Å². The minimum atomic E-state index is -1.07. The first-order valence-corrected chi connectivity index (χ1v) is 6.36. The van der Waals surface area contributed by atoms with Crippen molar-refractivity contribution in [1.29, 1.82) is 0 Å². The summed E-state index contributed by atoms with van der Waals surface area (Å²) in [4.78, 5) is 14.9. The summed E-state index contributed by atoms with van der Waals surface area (Å²) < 4.78 is 0. The summed E-state index contributed by atoms with van der Waals surface area (Å²) in [5.74, 6) is -0.386. The lowest BCUT2D eigenvalue weighted by Crippen LogP contribution is -2.13. The number of hydrogen-bond acceptors (Lipinski definition) is 4. The van der Waals surface area contributed by atoms with Gasteiger partial charge in [-0.25, -0.2) is 9.78 Å². The average molecular weight is 271 g/mol. The second-order valence-electron chi connectivity index (χ2n) is 4.63. The fourth-order valence-electron chi connectivity index (χ4n) is 1.88. The maximum absolute atomic E-state index is 10.9. The number of anilines is 2. The number of carbonyl (C=O) groups is 1. The van der Waals surface area contributed by atoms with Gasteiger partial charge in [0.25, 0.3) is 0 Å². The van der Waals surface area contributed by atoms with Gasteiger partial charge in [-0.15, -0.1) is 0 Å². The second kappa shape index (κ2) is 6.06. The van der Waals surface area contributed by atoms with Gasteiger partial charge in [0.15, 0.2) is 5.69 Å². The van der Waals surface area contributed by atoms with Crippen molar-refractivity contribution in [2.24, 2.45) is 0 Å². The summed E-state index contributed by atoms with van der Waals surface area (Å²) in [5.41, 5.74) is 7.42. The minimum absolute atomic E-state index is 0.0194. The summed E-state index contributed by atoms with van der Waals surface area (Å²) in [6, 6.07) is 13.0. The third-order valence-electron chi connectivity index (χ3n) is 3.09. The fraction of sp³-hybridized carbons (Fsp3) is 0.200. The van der Waals surface area contributed by atoms with Gasteiger partial charge in [-0.3, -0.25) is 0 Å². The van der Waals surface area contributed by atoms with Crippen LogP contribution in [0.2, 0.25) is 0 Å². The first-order valence-electron chi connectivity index (χ1n) is 6.36. The van der Waals surface area contributed by atoms with Crippen molar-refractivity contribution in [1.82, 2.24) is 4.98 Å². The molecule has 2 rings (SSSR count). The highest BCUT2D eigenvalue weighted by atomic mass is 16.4. The third-order valence-corrected chi connectivity index (χ3v) is 3.09. The Morgan fingerprint density at radius 3 is 2.65 bits per heavy atom. The van der Waals surface area contributed by atoms with Crippen molar-refractivity contribution in [2.75, 3.05) is 17.6 Å². The van der Waals surface area contributed by atoms with E-state index in [0.29, 0.717) is 18.1 Å². The Morgan fingerprint density at radius 2 is 2.00 bits per heavy atom. The monoisotopic (exact) mass is 271 g/mol. The van der Waals surface area contributed by atoms with Crippen LogP contribution in [0, 0.1) is 0 Å². The maximum atomic E-state index is 10.9. The lowest BCUT2D eigenvalue weighted by atomic mass is 10.0. The van der Waals surface area contributed by atoms with Crippen LogP contribution in [0.15, 0.2) is 42.5 Å². The number of benzene rings is 1. The normalized spacial score (nSPS) is 11.8. The van der Waals surface area contributed by atoms with E-state index in [9.17, 15) is 4.79 Å². The van der Waals surface area contributed by atoms with Gasteiger partial charge in [0, 0.05) is 6.54 Å². The Labute approximate surface area is 117 Å². The number of aromatic nitrogens is 1. The number of nitrogens with zero attached hydrogens (tertiary/aromatic N) is 1. The number of nitrogen functional groups attached to an aromatic ring is 1. The molecular weight excluding hydrogens is 254 g/mol. The number of hydrogen-bond donors (Lipinski definition) is 3. The molecule has 0 spiro atoms. The molecule has 5 nitrogen and oxygen atoms in total. The summed E-state index contributed by atoms with van der Waals surface area (Å²) in [6.45, 7) is 2.71. The van der Waals surface area contributed by atoms with E-state index in [1.54, 1.807) is 6.07 Å². The van der Waals surface area contributed by atoms with Gasteiger partial charge in [0.2, 0.25) is 0 Å². The lowest BCUT2D eigenvalue weighted by Gasteiger charge is -2.14. The molecule has 0 saturated carbocycles. The van der Waals surface area contributed by atoms with E-state index in [-0.39, 0.29) is 11.6 Å². The van der Waals surface area contributed by atoms with Crippen LogP contribution in [0.1, 0.15) is 28.9 Å². The minimum Gasteiger partial charge on any atom is -0.477 e. The Balaban J connectivity index is 2.07. The maximum Gasteiger partial charge on any atom is 0.354 e. The zero-order valence-electron chi connectivity index (χ0n) is 11.2. The second-order valence-corrected chi connectivity index (χ2v) is 4.63. The van der Waals surface area contributed by atoms with Crippen molar-refractivity contribution < 1.29 is 9.90 Å². The van der Waals surface area contributed by atoms with E-state index in [1.165, 1.54) is 11.6 Å². The van der Waals surface area contributed by atoms with E-state index in [4.69, 9.17) is 10.8 Å². The predicted octanol–water partition coefficient (Wildman–Crippen LogP) is 2.58. The van der Waals surface area contributed by atoms with E-state index >= 15 is 0 Å². The summed E-state index contributed by atoms with van der Waals surface area (Å²) in [5, 5.41) is 12.0. The van der Waals surface area contributed by atoms with Crippen LogP contribution in [-0.2, 0) is 0 Å². The number of carboxylic acids is 1. The molecule has 1 aromatic carbocycles. The van der Waals surface area contributed by atoms with Crippen LogP contribution in [0.4, 0.5) is 11.5 Å². The lowest BCUT2D eigenvalue weighted by molar-refractivity contribution is 0.0690. The van der Waals surface area contributed by atoms with Crippen LogP contribution in [0.25, 0.3) is 0 Å².